The van der Waals surface area contributed by atoms with Gasteiger partial charge in [-0.05, 0) is 13.0 Å². The van der Waals surface area contributed by atoms with Gasteiger partial charge in [-0.2, -0.15) is 4.73 Å². The lowest BCUT2D eigenvalue weighted by atomic mass is 10.0. The van der Waals surface area contributed by atoms with Gasteiger partial charge >= 0.3 is 5.97 Å². The largest absolute Gasteiger partial charge is 0.619 e. The molecule has 0 radical (unpaired) electrons. The van der Waals surface area contributed by atoms with Crippen molar-refractivity contribution in [2.75, 3.05) is 0 Å². The molecular formula is C8H9NO3. The maximum atomic E-state index is 10.7. The van der Waals surface area contributed by atoms with E-state index in [1.807, 2.05) is 0 Å². The smallest absolute Gasteiger partial charge is 0.310 e. The summed E-state index contributed by atoms with van der Waals surface area (Å²) in [4.78, 5) is 10.5. The molecule has 0 amide bonds. The van der Waals surface area contributed by atoms with Gasteiger partial charge in [-0.25, -0.2) is 0 Å². The highest BCUT2D eigenvalue weighted by atomic mass is 16.5. The molecule has 1 rings (SSSR count). The Balaban J connectivity index is 2.95. The Morgan fingerprint density at radius 2 is 2.42 bits per heavy atom. The fourth-order valence-electron chi connectivity index (χ4n) is 0.871. The first kappa shape index (κ1) is 8.52. The van der Waals surface area contributed by atoms with E-state index in [9.17, 15) is 10.0 Å². The van der Waals surface area contributed by atoms with Gasteiger partial charge in [0, 0.05) is 11.6 Å². The first-order chi connectivity index (χ1) is 5.61. The van der Waals surface area contributed by atoms with E-state index in [0.717, 1.165) is 0 Å². The Morgan fingerprint density at radius 1 is 1.75 bits per heavy atom. The Labute approximate surface area is 69.7 Å². The highest BCUT2D eigenvalue weighted by molar-refractivity contribution is 5.75. The zero-order valence-electron chi connectivity index (χ0n) is 6.60. The molecule has 0 aromatic carbocycles. The minimum absolute atomic E-state index is 0.514. The maximum absolute atomic E-state index is 10.7. The number of hydrogen-bond acceptors (Lipinski definition) is 2. The van der Waals surface area contributed by atoms with Crippen LogP contribution in [-0.2, 0) is 4.79 Å². The van der Waals surface area contributed by atoms with E-state index in [-0.39, 0.29) is 0 Å². The molecular weight excluding hydrogens is 158 g/mol. The zero-order chi connectivity index (χ0) is 9.14. The molecule has 1 aromatic rings. The number of hydrogen-bond donors (Lipinski definition) is 1. The lowest BCUT2D eigenvalue weighted by Crippen LogP contribution is -2.26. The average Bonchev–Trinajstić information content (AvgIpc) is 2.03. The third kappa shape index (κ3) is 1.72. The van der Waals surface area contributed by atoms with Crippen molar-refractivity contribution in [1.82, 2.24) is 0 Å². The highest BCUT2D eigenvalue weighted by Gasteiger charge is 2.15. The monoisotopic (exact) mass is 167 g/mol. The number of aliphatic carboxylic acids is 1. The molecule has 0 aliphatic carbocycles. The summed E-state index contributed by atoms with van der Waals surface area (Å²) in [5.41, 5.74) is 0.514. The average molecular weight is 167 g/mol. The van der Waals surface area contributed by atoms with Crippen LogP contribution in [0.15, 0.2) is 24.5 Å². The van der Waals surface area contributed by atoms with Crippen LogP contribution >= 0.6 is 0 Å². The Morgan fingerprint density at radius 3 is 2.92 bits per heavy atom. The number of rotatable bonds is 2. The van der Waals surface area contributed by atoms with Gasteiger partial charge < -0.3 is 10.3 Å². The molecule has 1 N–H and O–H groups in total. The zero-order valence-corrected chi connectivity index (χ0v) is 6.60. The van der Waals surface area contributed by atoms with Crippen LogP contribution in [-0.4, -0.2) is 11.1 Å². The summed E-state index contributed by atoms with van der Waals surface area (Å²) >= 11 is 0. The van der Waals surface area contributed by atoms with Gasteiger partial charge in [-0.1, -0.05) is 0 Å². The second-order valence-electron chi connectivity index (χ2n) is 2.56. The standard InChI is InChI=1S/C8H9NO3/c1-6(8(10)11)7-3-2-4-9(12)5-7/h2-6H,1H3,(H,10,11). The molecule has 12 heavy (non-hydrogen) atoms. The first-order valence-electron chi connectivity index (χ1n) is 3.53. The van der Waals surface area contributed by atoms with Crippen molar-refractivity contribution in [3.05, 3.63) is 35.3 Å². The third-order valence-corrected chi connectivity index (χ3v) is 1.67. The van der Waals surface area contributed by atoms with Gasteiger partial charge in [0.1, 0.15) is 0 Å². The summed E-state index contributed by atoms with van der Waals surface area (Å²) in [6.45, 7) is 1.54. The first-order valence-corrected chi connectivity index (χ1v) is 3.53. The van der Waals surface area contributed by atoms with Crippen LogP contribution in [0.25, 0.3) is 0 Å². The molecule has 1 heterocycles. The second-order valence-corrected chi connectivity index (χ2v) is 2.56. The SMILES string of the molecule is CC(C(=O)O)c1ccc[n+]([O-])c1. The van der Waals surface area contributed by atoms with E-state index in [2.05, 4.69) is 0 Å². The Kier molecular flexibility index (Phi) is 2.28. The molecule has 0 bridgehead atoms. The molecule has 0 saturated heterocycles. The van der Waals surface area contributed by atoms with Gasteiger partial charge in [0.05, 0.1) is 5.92 Å². The molecule has 1 aromatic heterocycles. The van der Waals surface area contributed by atoms with Crippen molar-refractivity contribution >= 4 is 5.97 Å². The summed E-state index contributed by atoms with van der Waals surface area (Å²) in [5, 5.41) is 19.4. The van der Waals surface area contributed by atoms with Gasteiger partial charge in [-0.3, -0.25) is 4.79 Å². The lowest BCUT2D eigenvalue weighted by Gasteiger charge is -2.04. The van der Waals surface area contributed by atoms with Crippen molar-refractivity contribution in [3.63, 3.8) is 0 Å². The minimum Gasteiger partial charge on any atom is -0.619 e. The van der Waals surface area contributed by atoms with Crippen LogP contribution in [0.2, 0.25) is 0 Å². The topological polar surface area (TPSA) is 64.2 Å². The summed E-state index contributed by atoms with van der Waals surface area (Å²) in [7, 11) is 0. The quantitative estimate of drug-likeness (QED) is 0.515. The van der Waals surface area contributed by atoms with Crippen LogP contribution in [0.1, 0.15) is 18.4 Å². The van der Waals surface area contributed by atoms with Gasteiger partial charge in [0.15, 0.2) is 12.4 Å². The molecule has 4 nitrogen and oxygen atoms in total. The van der Waals surface area contributed by atoms with Crippen LogP contribution in [0.5, 0.6) is 0 Å². The summed E-state index contributed by atoms with van der Waals surface area (Å²) in [6.07, 6.45) is 2.58. The molecule has 0 fully saturated rings. The van der Waals surface area contributed by atoms with Crippen LogP contribution in [0, 0.1) is 5.21 Å². The lowest BCUT2D eigenvalue weighted by molar-refractivity contribution is -0.605. The van der Waals surface area contributed by atoms with Gasteiger partial charge in [0.25, 0.3) is 0 Å². The van der Waals surface area contributed by atoms with E-state index in [1.165, 1.54) is 25.4 Å². The molecule has 1 unspecified atom stereocenters. The summed E-state index contributed by atoms with van der Waals surface area (Å²) < 4.78 is 0.592. The molecule has 0 aliphatic rings. The van der Waals surface area contributed by atoms with E-state index < -0.39 is 11.9 Å². The Hall–Kier alpha value is -1.58. The Bertz CT molecular complexity index is 298. The van der Waals surface area contributed by atoms with E-state index in [0.29, 0.717) is 10.3 Å². The molecule has 0 aliphatic heterocycles. The van der Waals surface area contributed by atoms with Crippen molar-refractivity contribution in [2.45, 2.75) is 12.8 Å². The van der Waals surface area contributed by atoms with Crippen LogP contribution < -0.4 is 4.73 Å². The number of carbonyl (C=O) groups is 1. The molecule has 0 spiro atoms. The minimum atomic E-state index is -0.929. The molecule has 4 heteroatoms. The predicted molar refractivity (Wildman–Crippen MR) is 41.5 cm³/mol. The fraction of sp³-hybridized carbons (Fsp3) is 0.250. The summed E-state index contributed by atoms with van der Waals surface area (Å²) in [5.74, 6) is -1.56. The van der Waals surface area contributed by atoms with E-state index in [4.69, 9.17) is 5.11 Å². The number of carboxylic acids is 1. The molecule has 1 atom stereocenters. The maximum Gasteiger partial charge on any atom is 0.310 e. The third-order valence-electron chi connectivity index (χ3n) is 1.67. The fourth-order valence-corrected chi connectivity index (χ4v) is 0.871. The number of nitrogens with zero attached hydrogens (tertiary/aromatic N) is 1. The van der Waals surface area contributed by atoms with Gasteiger partial charge in [-0.15, -0.1) is 0 Å². The van der Waals surface area contributed by atoms with Crippen LogP contribution in [0.3, 0.4) is 0 Å². The van der Waals surface area contributed by atoms with Crippen molar-refractivity contribution in [1.29, 1.82) is 0 Å². The van der Waals surface area contributed by atoms with Gasteiger partial charge in [0.2, 0.25) is 0 Å². The predicted octanol–water partition coefficient (Wildman–Crippen LogP) is 0.508. The number of pyridine rings is 1. The normalized spacial score (nSPS) is 12.4. The van der Waals surface area contributed by atoms with Crippen LogP contribution in [0.4, 0.5) is 0 Å². The number of carboxylic acid groups (broad SMARTS) is 1. The van der Waals surface area contributed by atoms with Crippen molar-refractivity contribution in [3.8, 4) is 0 Å². The number of aromatic nitrogens is 1. The molecule has 0 saturated carbocycles. The summed E-state index contributed by atoms with van der Waals surface area (Å²) in [6, 6.07) is 3.15. The highest BCUT2D eigenvalue weighted by Crippen LogP contribution is 2.11. The van der Waals surface area contributed by atoms with E-state index >= 15 is 0 Å². The van der Waals surface area contributed by atoms with Crippen molar-refractivity contribution in [2.24, 2.45) is 0 Å². The second kappa shape index (κ2) is 3.21. The van der Waals surface area contributed by atoms with Crippen molar-refractivity contribution < 1.29 is 14.6 Å². The van der Waals surface area contributed by atoms with E-state index in [1.54, 1.807) is 6.07 Å². The molecule has 64 valence electrons.